The van der Waals surface area contributed by atoms with Crippen LogP contribution in [0.5, 0.6) is 0 Å². The predicted molar refractivity (Wildman–Crippen MR) is 44.7 cm³/mol. The molecule has 0 aromatic heterocycles. The summed E-state index contributed by atoms with van der Waals surface area (Å²) in [4.78, 5) is 10.7. The molecular weight excluding hydrogens is 168 g/mol. The molecule has 0 bridgehead atoms. The molecule has 0 aliphatic carbocycles. The standard InChI is InChI=1S/C9H8N2O2/c1-7(12)13-9(10-11-9)8-5-3-2-4-6-8/h2-6H,1H3. The molecule has 1 aliphatic heterocycles. The first kappa shape index (κ1) is 7.91. The molecule has 0 radical (unpaired) electrons. The fourth-order valence-electron chi connectivity index (χ4n) is 1.12. The second-order valence-corrected chi connectivity index (χ2v) is 2.77. The van der Waals surface area contributed by atoms with Crippen LogP contribution in [0, 0.1) is 0 Å². The number of esters is 1. The van der Waals surface area contributed by atoms with Crippen LogP contribution >= 0.6 is 0 Å². The van der Waals surface area contributed by atoms with Gasteiger partial charge in [0.25, 0.3) is 0 Å². The first-order chi connectivity index (χ1) is 6.23. The minimum atomic E-state index is -1.03. The number of ether oxygens (including phenoxy) is 1. The molecule has 4 heteroatoms. The normalized spacial score (nSPS) is 16.7. The van der Waals surface area contributed by atoms with Crippen LogP contribution in [0.2, 0.25) is 0 Å². The lowest BCUT2D eigenvalue weighted by Gasteiger charge is -2.09. The molecule has 0 N–H and O–H groups in total. The van der Waals surface area contributed by atoms with Crippen LogP contribution in [0.15, 0.2) is 40.6 Å². The molecule has 0 saturated heterocycles. The molecule has 1 aromatic rings. The summed E-state index contributed by atoms with van der Waals surface area (Å²) in [6.45, 7) is 1.34. The maximum Gasteiger partial charge on any atom is 0.363 e. The summed E-state index contributed by atoms with van der Waals surface area (Å²) >= 11 is 0. The zero-order chi connectivity index (χ0) is 9.31. The smallest absolute Gasteiger partial charge is 0.363 e. The summed E-state index contributed by atoms with van der Waals surface area (Å²) in [5, 5.41) is 7.45. The van der Waals surface area contributed by atoms with Gasteiger partial charge in [-0.05, 0) is 0 Å². The monoisotopic (exact) mass is 176 g/mol. The Hall–Kier alpha value is -1.71. The van der Waals surface area contributed by atoms with Crippen molar-refractivity contribution in [1.82, 2.24) is 0 Å². The van der Waals surface area contributed by atoms with Crippen molar-refractivity contribution in [2.45, 2.75) is 12.8 Å². The molecule has 1 heterocycles. The first-order valence-corrected chi connectivity index (χ1v) is 3.92. The lowest BCUT2D eigenvalue weighted by molar-refractivity contribution is -0.150. The van der Waals surface area contributed by atoms with Gasteiger partial charge in [-0.25, -0.2) is 0 Å². The number of rotatable bonds is 2. The molecule has 0 unspecified atom stereocenters. The van der Waals surface area contributed by atoms with E-state index in [2.05, 4.69) is 10.2 Å². The van der Waals surface area contributed by atoms with Gasteiger partial charge in [-0.15, -0.1) is 10.2 Å². The average molecular weight is 176 g/mol. The number of nitrogens with zero attached hydrogens (tertiary/aromatic N) is 2. The van der Waals surface area contributed by atoms with Gasteiger partial charge >= 0.3 is 11.8 Å². The number of carbonyl (C=O) groups is 1. The highest BCUT2D eigenvalue weighted by atomic mass is 16.6. The molecule has 1 aliphatic rings. The highest BCUT2D eigenvalue weighted by molar-refractivity contribution is 5.67. The highest BCUT2D eigenvalue weighted by Gasteiger charge is 2.46. The predicted octanol–water partition coefficient (Wildman–Crippen LogP) is 1.83. The van der Waals surface area contributed by atoms with Gasteiger partial charge in [0, 0.05) is 12.5 Å². The fraction of sp³-hybridized carbons (Fsp3) is 0.222. The van der Waals surface area contributed by atoms with Crippen LogP contribution in [0.25, 0.3) is 0 Å². The summed E-state index contributed by atoms with van der Waals surface area (Å²) in [5.74, 6) is -1.42. The Bertz CT molecular complexity index is 353. The van der Waals surface area contributed by atoms with Gasteiger partial charge in [-0.3, -0.25) is 4.79 Å². The molecule has 4 nitrogen and oxygen atoms in total. The van der Waals surface area contributed by atoms with Gasteiger partial charge < -0.3 is 4.74 Å². The van der Waals surface area contributed by atoms with Crippen molar-refractivity contribution in [2.24, 2.45) is 10.2 Å². The van der Waals surface area contributed by atoms with Crippen LogP contribution < -0.4 is 0 Å². The largest absolute Gasteiger partial charge is 0.410 e. The average Bonchev–Trinajstić information content (AvgIpc) is 2.86. The Morgan fingerprint density at radius 2 is 1.92 bits per heavy atom. The van der Waals surface area contributed by atoms with Crippen molar-refractivity contribution in [2.75, 3.05) is 0 Å². The molecule has 0 spiro atoms. The van der Waals surface area contributed by atoms with Crippen molar-refractivity contribution in [3.63, 3.8) is 0 Å². The number of carbonyl (C=O) groups excluding carboxylic acids is 1. The first-order valence-electron chi connectivity index (χ1n) is 3.92. The van der Waals surface area contributed by atoms with Crippen LogP contribution in [0.3, 0.4) is 0 Å². The Morgan fingerprint density at radius 1 is 1.31 bits per heavy atom. The van der Waals surface area contributed by atoms with Crippen LogP contribution in [0.4, 0.5) is 0 Å². The summed E-state index contributed by atoms with van der Waals surface area (Å²) < 4.78 is 4.96. The van der Waals surface area contributed by atoms with Crippen LogP contribution in [-0.4, -0.2) is 5.97 Å². The lowest BCUT2D eigenvalue weighted by Crippen LogP contribution is -2.16. The Balaban J connectivity index is 2.21. The van der Waals surface area contributed by atoms with E-state index in [1.807, 2.05) is 30.3 Å². The second kappa shape index (κ2) is 2.65. The van der Waals surface area contributed by atoms with Crippen molar-refractivity contribution in [1.29, 1.82) is 0 Å². The maximum atomic E-state index is 10.7. The summed E-state index contributed by atoms with van der Waals surface area (Å²) in [6, 6.07) is 9.23. The van der Waals surface area contributed by atoms with E-state index in [0.29, 0.717) is 0 Å². The van der Waals surface area contributed by atoms with E-state index < -0.39 is 5.85 Å². The zero-order valence-corrected chi connectivity index (χ0v) is 7.10. The van der Waals surface area contributed by atoms with Gasteiger partial charge in [0.2, 0.25) is 0 Å². The molecular formula is C9H8N2O2. The summed E-state index contributed by atoms with van der Waals surface area (Å²) in [7, 11) is 0. The van der Waals surface area contributed by atoms with Gasteiger partial charge in [0.05, 0.1) is 0 Å². The molecule has 1 aromatic carbocycles. The van der Waals surface area contributed by atoms with Crippen molar-refractivity contribution < 1.29 is 9.53 Å². The number of hydrogen-bond acceptors (Lipinski definition) is 4. The SMILES string of the molecule is CC(=O)OC1(c2ccccc2)N=N1. The van der Waals surface area contributed by atoms with E-state index in [9.17, 15) is 4.79 Å². The number of hydrogen-bond donors (Lipinski definition) is 0. The van der Waals surface area contributed by atoms with Gasteiger partial charge in [0.15, 0.2) is 0 Å². The van der Waals surface area contributed by atoms with E-state index in [0.717, 1.165) is 5.56 Å². The van der Waals surface area contributed by atoms with Crippen molar-refractivity contribution in [3.05, 3.63) is 35.9 Å². The molecule has 66 valence electrons. The third-order valence-corrected chi connectivity index (χ3v) is 1.72. The summed E-state index contributed by atoms with van der Waals surface area (Å²) in [6.07, 6.45) is 0. The molecule has 0 amide bonds. The lowest BCUT2D eigenvalue weighted by atomic mass is 10.2. The van der Waals surface area contributed by atoms with E-state index in [-0.39, 0.29) is 5.97 Å². The zero-order valence-electron chi connectivity index (χ0n) is 7.10. The quantitative estimate of drug-likeness (QED) is 0.645. The minimum absolute atomic E-state index is 0.381. The number of benzene rings is 1. The topological polar surface area (TPSA) is 51.0 Å². The van der Waals surface area contributed by atoms with Crippen LogP contribution in [-0.2, 0) is 15.4 Å². The van der Waals surface area contributed by atoms with E-state index in [1.54, 1.807) is 0 Å². The Morgan fingerprint density at radius 3 is 2.38 bits per heavy atom. The third kappa shape index (κ3) is 1.42. The summed E-state index contributed by atoms with van der Waals surface area (Å²) in [5.41, 5.74) is 0.783. The maximum absolute atomic E-state index is 10.7. The second-order valence-electron chi connectivity index (χ2n) is 2.77. The Kier molecular flexibility index (Phi) is 1.62. The van der Waals surface area contributed by atoms with Crippen molar-refractivity contribution in [3.8, 4) is 0 Å². The third-order valence-electron chi connectivity index (χ3n) is 1.72. The van der Waals surface area contributed by atoms with Gasteiger partial charge in [-0.1, -0.05) is 30.3 Å². The Labute approximate surface area is 75.2 Å². The van der Waals surface area contributed by atoms with E-state index in [4.69, 9.17) is 4.74 Å². The van der Waals surface area contributed by atoms with E-state index in [1.165, 1.54) is 6.92 Å². The van der Waals surface area contributed by atoms with E-state index >= 15 is 0 Å². The highest BCUT2D eigenvalue weighted by Crippen LogP contribution is 2.40. The minimum Gasteiger partial charge on any atom is -0.410 e. The molecule has 13 heavy (non-hydrogen) atoms. The van der Waals surface area contributed by atoms with Crippen LogP contribution in [0.1, 0.15) is 12.5 Å². The molecule has 0 fully saturated rings. The van der Waals surface area contributed by atoms with Gasteiger partial charge in [0.1, 0.15) is 0 Å². The molecule has 2 rings (SSSR count). The molecule has 0 saturated carbocycles. The van der Waals surface area contributed by atoms with Crippen molar-refractivity contribution >= 4 is 5.97 Å². The van der Waals surface area contributed by atoms with Gasteiger partial charge in [-0.2, -0.15) is 0 Å². The molecule has 0 atom stereocenters. The fourth-order valence-corrected chi connectivity index (χ4v) is 1.12.